The molecule has 0 radical (unpaired) electrons. The van der Waals surface area contributed by atoms with Crippen LogP contribution in [0.2, 0.25) is 0 Å². The number of hydrogen-bond acceptors (Lipinski definition) is 6. The molecule has 1 atom stereocenters. The number of aryl methyl sites for hydroxylation is 2. The Kier molecular flexibility index (Phi) is 6.73. The molecular weight excluding hydrogens is 486 g/mol. The monoisotopic (exact) mass is 515 g/mol. The molecule has 37 heavy (non-hydrogen) atoms. The third kappa shape index (κ3) is 4.37. The Balaban J connectivity index is 1.61. The fourth-order valence-electron chi connectivity index (χ4n) is 5.16. The zero-order valence-corrected chi connectivity index (χ0v) is 22.4. The molecule has 6 nitrogen and oxygen atoms in total. The van der Waals surface area contributed by atoms with Crippen LogP contribution in [0.25, 0.3) is 11.0 Å². The first-order valence-electron chi connectivity index (χ1n) is 12.1. The zero-order valence-electron chi connectivity index (χ0n) is 21.6. The van der Waals surface area contributed by atoms with Gasteiger partial charge in [0.1, 0.15) is 5.58 Å². The van der Waals surface area contributed by atoms with E-state index in [0.29, 0.717) is 41.0 Å². The van der Waals surface area contributed by atoms with Gasteiger partial charge in [-0.25, -0.2) is 0 Å². The van der Waals surface area contributed by atoms with Crippen molar-refractivity contribution >= 4 is 28.6 Å². The molecular formula is C30H29NO5S. The largest absolute Gasteiger partial charge is 0.493 e. The highest BCUT2D eigenvalue weighted by molar-refractivity contribution is 7.98. The van der Waals surface area contributed by atoms with Crippen LogP contribution >= 0.6 is 11.8 Å². The molecule has 4 aromatic rings. The average molecular weight is 516 g/mol. The van der Waals surface area contributed by atoms with Crippen molar-refractivity contribution in [2.24, 2.45) is 0 Å². The zero-order chi connectivity index (χ0) is 26.3. The SMILES string of the molecule is COc1ccc(CCN2C(=O)c3oc4cc(C)cc(C)c4c(=O)c3C2c2ccc(SC)cc2)cc1OC. The average Bonchev–Trinajstić information content (AvgIpc) is 3.18. The van der Waals surface area contributed by atoms with Gasteiger partial charge in [-0.15, -0.1) is 11.8 Å². The molecule has 1 unspecified atom stereocenters. The molecule has 0 N–H and O–H groups in total. The number of thioether (sulfide) groups is 1. The second kappa shape index (κ2) is 9.98. The first-order valence-corrected chi connectivity index (χ1v) is 13.3. The van der Waals surface area contributed by atoms with Crippen LogP contribution in [0, 0.1) is 13.8 Å². The van der Waals surface area contributed by atoms with Crippen molar-refractivity contribution in [1.82, 2.24) is 4.90 Å². The molecule has 0 saturated heterocycles. The van der Waals surface area contributed by atoms with Gasteiger partial charge in [-0.3, -0.25) is 9.59 Å². The summed E-state index contributed by atoms with van der Waals surface area (Å²) in [6.07, 6.45) is 2.59. The lowest BCUT2D eigenvalue weighted by Crippen LogP contribution is -2.31. The van der Waals surface area contributed by atoms with Crippen molar-refractivity contribution in [3.05, 3.63) is 98.4 Å². The minimum absolute atomic E-state index is 0.133. The standard InChI is InChI=1S/C30H29NO5S/c1-17-14-18(2)25-24(15-17)36-29-26(28(25)32)27(20-7-9-21(37-5)10-8-20)31(30(29)33)13-12-19-6-11-22(34-3)23(16-19)35-4/h6-11,14-16,27H,12-13H2,1-5H3. The van der Waals surface area contributed by atoms with Crippen LogP contribution in [0.4, 0.5) is 0 Å². The van der Waals surface area contributed by atoms with Crippen molar-refractivity contribution < 1.29 is 18.7 Å². The molecule has 1 aliphatic rings. The summed E-state index contributed by atoms with van der Waals surface area (Å²) in [6, 6.07) is 17.0. The third-order valence-corrected chi connectivity index (χ3v) is 7.68. The van der Waals surface area contributed by atoms with E-state index in [4.69, 9.17) is 13.9 Å². The van der Waals surface area contributed by atoms with Crippen molar-refractivity contribution in [1.29, 1.82) is 0 Å². The van der Waals surface area contributed by atoms with E-state index in [1.165, 1.54) is 0 Å². The highest BCUT2D eigenvalue weighted by Gasteiger charge is 2.42. The molecule has 1 aliphatic heterocycles. The number of ether oxygens (including phenoxy) is 2. The van der Waals surface area contributed by atoms with Gasteiger partial charge in [0.25, 0.3) is 5.91 Å². The number of fused-ring (bicyclic) bond motifs is 2. The molecule has 5 rings (SSSR count). The van der Waals surface area contributed by atoms with E-state index < -0.39 is 6.04 Å². The van der Waals surface area contributed by atoms with Crippen molar-refractivity contribution in [3.63, 3.8) is 0 Å². The molecule has 7 heteroatoms. The predicted octanol–water partition coefficient (Wildman–Crippen LogP) is 5.94. The Bertz CT molecular complexity index is 1560. The molecule has 1 amide bonds. The van der Waals surface area contributed by atoms with Crippen LogP contribution < -0.4 is 14.9 Å². The maximum atomic E-state index is 13.9. The van der Waals surface area contributed by atoms with Gasteiger partial charge in [-0.2, -0.15) is 0 Å². The lowest BCUT2D eigenvalue weighted by atomic mass is 9.96. The van der Waals surface area contributed by atoms with Gasteiger partial charge in [-0.1, -0.05) is 24.3 Å². The lowest BCUT2D eigenvalue weighted by molar-refractivity contribution is 0.0730. The number of methoxy groups -OCH3 is 2. The normalized spacial score (nSPS) is 14.8. The number of carbonyl (C=O) groups excluding carboxylic acids is 1. The fourth-order valence-corrected chi connectivity index (χ4v) is 5.57. The summed E-state index contributed by atoms with van der Waals surface area (Å²) >= 11 is 1.65. The summed E-state index contributed by atoms with van der Waals surface area (Å²) in [5.41, 5.74) is 4.42. The summed E-state index contributed by atoms with van der Waals surface area (Å²) < 4.78 is 17.0. The van der Waals surface area contributed by atoms with Crippen LogP contribution in [-0.2, 0) is 6.42 Å². The number of amides is 1. The Morgan fingerprint density at radius 1 is 0.946 bits per heavy atom. The Morgan fingerprint density at radius 3 is 2.35 bits per heavy atom. The van der Waals surface area contributed by atoms with Crippen LogP contribution in [0.5, 0.6) is 11.5 Å². The van der Waals surface area contributed by atoms with E-state index in [0.717, 1.165) is 27.1 Å². The highest BCUT2D eigenvalue weighted by Crippen LogP contribution is 2.39. The summed E-state index contributed by atoms with van der Waals surface area (Å²) in [7, 11) is 3.20. The van der Waals surface area contributed by atoms with Gasteiger partial charge in [0, 0.05) is 11.4 Å². The minimum Gasteiger partial charge on any atom is -0.493 e. The fraction of sp³-hybridized carbons (Fsp3) is 0.267. The van der Waals surface area contributed by atoms with Gasteiger partial charge < -0.3 is 18.8 Å². The molecule has 0 saturated carbocycles. The van der Waals surface area contributed by atoms with Crippen LogP contribution in [-0.4, -0.2) is 37.8 Å². The number of hydrogen-bond donors (Lipinski definition) is 0. The van der Waals surface area contributed by atoms with Crippen molar-refractivity contribution in [2.45, 2.75) is 31.2 Å². The van der Waals surface area contributed by atoms with Crippen LogP contribution in [0.15, 0.2) is 68.7 Å². The van der Waals surface area contributed by atoms with Crippen molar-refractivity contribution in [3.8, 4) is 11.5 Å². The maximum Gasteiger partial charge on any atom is 0.290 e. The summed E-state index contributed by atoms with van der Waals surface area (Å²) in [5, 5.41) is 0.532. The summed E-state index contributed by atoms with van der Waals surface area (Å²) in [5.74, 6) is 1.14. The minimum atomic E-state index is -0.528. The van der Waals surface area contributed by atoms with Crippen LogP contribution in [0.3, 0.4) is 0 Å². The second-order valence-corrected chi connectivity index (χ2v) is 10.1. The molecule has 190 valence electrons. The van der Waals surface area contributed by atoms with E-state index in [2.05, 4.69) is 0 Å². The van der Waals surface area contributed by atoms with E-state index >= 15 is 0 Å². The quantitative estimate of drug-likeness (QED) is 0.284. The smallest absolute Gasteiger partial charge is 0.290 e. The van der Waals surface area contributed by atoms with E-state index in [-0.39, 0.29) is 17.1 Å². The first-order chi connectivity index (χ1) is 17.9. The van der Waals surface area contributed by atoms with Gasteiger partial charge in [0.15, 0.2) is 16.9 Å². The van der Waals surface area contributed by atoms with Gasteiger partial charge in [-0.05, 0) is 79.1 Å². The molecule has 2 heterocycles. The summed E-state index contributed by atoms with van der Waals surface area (Å²) in [6.45, 7) is 4.26. The van der Waals surface area contributed by atoms with Gasteiger partial charge >= 0.3 is 0 Å². The highest BCUT2D eigenvalue weighted by atomic mass is 32.2. The number of nitrogens with zero attached hydrogens (tertiary/aromatic N) is 1. The van der Waals surface area contributed by atoms with Gasteiger partial charge in [0.05, 0.1) is 31.2 Å². The van der Waals surface area contributed by atoms with Crippen molar-refractivity contribution in [2.75, 3.05) is 27.0 Å². The third-order valence-electron chi connectivity index (χ3n) is 6.93. The number of carbonyl (C=O) groups is 1. The van der Waals surface area contributed by atoms with E-state index in [9.17, 15) is 9.59 Å². The topological polar surface area (TPSA) is 69.0 Å². The Hall–Kier alpha value is -3.71. The predicted molar refractivity (Wildman–Crippen MR) is 146 cm³/mol. The molecule has 0 aliphatic carbocycles. The second-order valence-electron chi connectivity index (χ2n) is 9.24. The van der Waals surface area contributed by atoms with Gasteiger partial charge in [0.2, 0.25) is 5.76 Å². The first kappa shape index (κ1) is 25.0. The molecule has 0 bridgehead atoms. The molecule has 0 fully saturated rings. The van der Waals surface area contributed by atoms with E-state index in [1.807, 2.05) is 74.7 Å². The molecule has 0 spiro atoms. The molecule has 3 aromatic carbocycles. The lowest BCUT2D eigenvalue weighted by Gasteiger charge is -2.25. The van der Waals surface area contributed by atoms with Crippen LogP contribution in [0.1, 0.15) is 44.4 Å². The molecule has 1 aromatic heterocycles. The Labute approximate surface area is 220 Å². The summed E-state index contributed by atoms with van der Waals surface area (Å²) in [4.78, 5) is 30.5. The number of benzene rings is 3. The Morgan fingerprint density at radius 2 is 1.68 bits per heavy atom. The van der Waals surface area contributed by atoms with E-state index in [1.54, 1.807) is 30.9 Å². The maximum absolute atomic E-state index is 13.9. The number of rotatable bonds is 7.